The number of aromatic amines is 1. The molecular formula is C12H15N. The molecule has 0 fully saturated rings. The van der Waals surface area contributed by atoms with Gasteiger partial charge in [0.25, 0.3) is 0 Å². The van der Waals surface area contributed by atoms with Crippen molar-refractivity contribution >= 4 is 10.9 Å². The number of aromatic nitrogens is 1. The number of hydrogen-bond donors (Lipinski definition) is 1. The van der Waals surface area contributed by atoms with Crippen LogP contribution in [-0.2, 0) is 12.8 Å². The quantitative estimate of drug-likeness (QED) is 0.717. The number of H-pyrrole nitrogens is 1. The third kappa shape index (κ3) is 1.35. The lowest BCUT2D eigenvalue weighted by Crippen LogP contribution is -1.90. The number of hydrogen-bond acceptors (Lipinski definition) is 0. The Bertz CT molecular complexity index is 374. The van der Waals surface area contributed by atoms with E-state index in [1.54, 1.807) is 0 Å². The van der Waals surface area contributed by atoms with Crippen LogP contribution in [0.25, 0.3) is 10.9 Å². The van der Waals surface area contributed by atoms with Crippen LogP contribution in [0.4, 0.5) is 0 Å². The summed E-state index contributed by atoms with van der Waals surface area (Å²) in [6, 6.07) is 6.70. The van der Waals surface area contributed by atoms with E-state index in [1.807, 2.05) is 6.20 Å². The van der Waals surface area contributed by atoms with Crippen LogP contribution in [0, 0.1) is 0 Å². The molecule has 0 unspecified atom stereocenters. The Morgan fingerprint density at radius 3 is 2.46 bits per heavy atom. The van der Waals surface area contributed by atoms with Crippen molar-refractivity contribution in [3.63, 3.8) is 0 Å². The molecule has 1 nitrogen and oxygen atoms in total. The Balaban J connectivity index is 2.67. The summed E-state index contributed by atoms with van der Waals surface area (Å²) in [7, 11) is 0. The van der Waals surface area contributed by atoms with E-state index in [1.165, 1.54) is 22.0 Å². The molecule has 0 amide bonds. The van der Waals surface area contributed by atoms with Crippen molar-refractivity contribution in [1.29, 1.82) is 0 Å². The van der Waals surface area contributed by atoms with Crippen LogP contribution < -0.4 is 0 Å². The summed E-state index contributed by atoms with van der Waals surface area (Å²) >= 11 is 0. The zero-order valence-electron chi connectivity index (χ0n) is 8.22. The van der Waals surface area contributed by atoms with Gasteiger partial charge in [-0.15, -0.1) is 0 Å². The van der Waals surface area contributed by atoms with Gasteiger partial charge in [-0.05, 0) is 47.6 Å². The lowest BCUT2D eigenvalue weighted by molar-refractivity contribution is 1.04. The number of fused-ring (bicyclic) bond motifs is 1. The van der Waals surface area contributed by atoms with Crippen molar-refractivity contribution < 1.29 is 0 Å². The molecule has 0 radical (unpaired) electrons. The van der Waals surface area contributed by atoms with Gasteiger partial charge in [-0.2, -0.15) is 0 Å². The highest BCUT2D eigenvalue weighted by Crippen LogP contribution is 2.19. The lowest BCUT2D eigenvalue weighted by atomic mass is 10.0. The molecular weight excluding hydrogens is 158 g/mol. The summed E-state index contributed by atoms with van der Waals surface area (Å²) < 4.78 is 0. The van der Waals surface area contributed by atoms with Crippen LogP contribution in [0.2, 0.25) is 0 Å². The van der Waals surface area contributed by atoms with E-state index in [0.29, 0.717) is 0 Å². The van der Waals surface area contributed by atoms with Crippen LogP contribution in [-0.4, -0.2) is 4.98 Å². The number of rotatable bonds is 2. The molecule has 13 heavy (non-hydrogen) atoms. The highest BCUT2D eigenvalue weighted by molar-refractivity contribution is 5.81. The Hall–Kier alpha value is -1.24. The Morgan fingerprint density at radius 1 is 1.08 bits per heavy atom. The lowest BCUT2D eigenvalue weighted by Gasteiger charge is -2.05. The van der Waals surface area contributed by atoms with Crippen molar-refractivity contribution in [3.05, 3.63) is 35.5 Å². The first-order valence-corrected chi connectivity index (χ1v) is 4.94. The van der Waals surface area contributed by atoms with Crippen LogP contribution >= 0.6 is 0 Å². The van der Waals surface area contributed by atoms with Crippen molar-refractivity contribution in [2.75, 3.05) is 0 Å². The SMILES string of the molecule is CCc1cc2cc[nH]c2cc1CC. The van der Waals surface area contributed by atoms with Crippen LogP contribution in [0.15, 0.2) is 24.4 Å². The summed E-state index contributed by atoms with van der Waals surface area (Å²) in [5, 5.41) is 1.33. The maximum Gasteiger partial charge on any atom is 0.0456 e. The van der Waals surface area contributed by atoms with Gasteiger partial charge in [-0.3, -0.25) is 0 Å². The first-order chi connectivity index (χ1) is 6.35. The van der Waals surface area contributed by atoms with Crippen LogP contribution in [0.1, 0.15) is 25.0 Å². The van der Waals surface area contributed by atoms with Gasteiger partial charge in [0.15, 0.2) is 0 Å². The highest BCUT2D eigenvalue weighted by atomic mass is 14.7. The smallest absolute Gasteiger partial charge is 0.0456 e. The van der Waals surface area contributed by atoms with Gasteiger partial charge in [0.1, 0.15) is 0 Å². The second-order valence-electron chi connectivity index (χ2n) is 3.39. The minimum Gasteiger partial charge on any atom is -0.361 e. The molecule has 1 aromatic heterocycles. The first-order valence-electron chi connectivity index (χ1n) is 4.94. The van der Waals surface area contributed by atoms with Crippen molar-refractivity contribution in [2.45, 2.75) is 26.7 Å². The second-order valence-corrected chi connectivity index (χ2v) is 3.39. The van der Waals surface area contributed by atoms with Crippen LogP contribution in [0.3, 0.4) is 0 Å². The normalized spacial score (nSPS) is 10.9. The fraction of sp³-hybridized carbons (Fsp3) is 0.333. The third-order valence-electron chi connectivity index (χ3n) is 2.64. The van der Waals surface area contributed by atoms with E-state index in [-0.39, 0.29) is 0 Å². The molecule has 0 saturated heterocycles. The molecule has 2 aromatic rings. The van der Waals surface area contributed by atoms with E-state index >= 15 is 0 Å². The number of nitrogens with one attached hydrogen (secondary N) is 1. The molecule has 1 N–H and O–H groups in total. The van der Waals surface area contributed by atoms with Gasteiger partial charge in [-0.1, -0.05) is 13.8 Å². The zero-order valence-corrected chi connectivity index (χ0v) is 8.22. The summed E-state index contributed by atoms with van der Waals surface area (Å²) in [4.78, 5) is 3.25. The molecule has 0 atom stereocenters. The Labute approximate surface area is 78.8 Å². The molecule has 0 aliphatic rings. The topological polar surface area (TPSA) is 15.8 Å². The Kier molecular flexibility index (Phi) is 2.09. The maximum absolute atomic E-state index is 3.25. The average molecular weight is 173 g/mol. The van der Waals surface area contributed by atoms with E-state index in [2.05, 4.69) is 37.0 Å². The van der Waals surface area contributed by atoms with E-state index in [4.69, 9.17) is 0 Å². The van der Waals surface area contributed by atoms with Crippen molar-refractivity contribution in [1.82, 2.24) is 4.98 Å². The third-order valence-corrected chi connectivity index (χ3v) is 2.64. The van der Waals surface area contributed by atoms with Gasteiger partial charge in [0.05, 0.1) is 0 Å². The minimum absolute atomic E-state index is 1.12. The zero-order chi connectivity index (χ0) is 9.26. The van der Waals surface area contributed by atoms with E-state index in [9.17, 15) is 0 Å². The van der Waals surface area contributed by atoms with E-state index in [0.717, 1.165) is 12.8 Å². The second kappa shape index (κ2) is 3.25. The van der Waals surface area contributed by atoms with Crippen LogP contribution in [0.5, 0.6) is 0 Å². The van der Waals surface area contributed by atoms with Gasteiger partial charge >= 0.3 is 0 Å². The molecule has 1 heteroatoms. The molecule has 0 bridgehead atoms. The summed E-state index contributed by atoms with van der Waals surface area (Å²) in [5.74, 6) is 0. The highest BCUT2D eigenvalue weighted by Gasteiger charge is 2.01. The molecule has 1 heterocycles. The largest absolute Gasteiger partial charge is 0.361 e. The van der Waals surface area contributed by atoms with Crippen molar-refractivity contribution in [2.24, 2.45) is 0 Å². The summed E-state index contributed by atoms with van der Waals surface area (Å²) in [6.07, 6.45) is 4.26. The first kappa shape index (κ1) is 8.36. The fourth-order valence-electron chi connectivity index (χ4n) is 1.85. The monoisotopic (exact) mass is 173 g/mol. The minimum atomic E-state index is 1.12. The molecule has 0 aliphatic carbocycles. The van der Waals surface area contributed by atoms with Crippen molar-refractivity contribution in [3.8, 4) is 0 Å². The maximum atomic E-state index is 3.25. The number of benzene rings is 1. The fourth-order valence-corrected chi connectivity index (χ4v) is 1.85. The molecule has 68 valence electrons. The van der Waals surface area contributed by atoms with Gasteiger partial charge < -0.3 is 4.98 Å². The Morgan fingerprint density at radius 2 is 1.77 bits per heavy atom. The molecule has 0 spiro atoms. The molecule has 0 saturated carbocycles. The summed E-state index contributed by atoms with van der Waals surface area (Å²) in [6.45, 7) is 4.43. The van der Waals surface area contributed by atoms with E-state index < -0.39 is 0 Å². The predicted octanol–water partition coefficient (Wildman–Crippen LogP) is 3.29. The standard InChI is InChI=1S/C12H15N/c1-3-9-7-11-5-6-13-12(11)8-10(9)4-2/h5-8,13H,3-4H2,1-2H3. The average Bonchev–Trinajstić information content (AvgIpc) is 2.62. The molecule has 2 rings (SSSR count). The summed E-state index contributed by atoms with van der Waals surface area (Å²) in [5.41, 5.74) is 4.21. The van der Waals surface area contributed by atoms with Gasteiger partial charge in [-0.25, -0.2) is 0 Å². The number of aryl methyl sites for hydroxylation is 2. The molecule has 0 aliphatic heterocycles. The molecule has 1 aromatic carbocycles. The van der Waals surface area contributed by atoms with Gasteiger partial charge in [0, 0.05) is 11.7 Å². The van der Waals surface area contributed by atoms with Gasteiger partial charge in [0.2, 0.25) is 0 Å². The predicted molar refractivity (Wildman–Crippen MR) is 57.1 cm³/mol.